The molecule has 0 fully saturated rings. The lowest BCUT2D eigenvalue weighted by Gasteiger charge is -2.15. The minimum Gasteiger partial charge on any atom is -0.388 e. The highest BCUT2D eigenvalue weighted by molar-refractivity contribution is 9.10. The van der Waals surface area contributed by atoms with Gasteiger partial charge in [0.15, 0.2) is 0 Å². The van der Waals surface area contributed by atoms with Crippen molar-refractivity contribution < 1.29 is 13.9 Å². The van der Waals surface area contributed by atoms with Gasteiger partial charge >= 0.3 is 0 Å². The summed E-state index contributed by atoms with van der Waals surface area (Å²) in [7, 11) is 0. The second-order valence-corrected chi connectivity index (χ2v) is 6.27. The third-order valence-corrected chi connectivity index (χ3v) is 4.80. The van der Waals surface area contributed by atoms with Crippen LogP contribution in [0.1, 0.15) is 17.2 Å². The van der Waals surface area contributed by atoms with Crippen LogP contribution in [-0.2, 0) is 6.42 Å². The molecule has 6 heteroatoms. The number of aliphatic hydroxyl groups is 1. The van der Waals surface area contributed by atoms with Gasteiger partial charge in [-0.15, -0.1) is 0 Å². The zero-order chi connectivity index (χ0) is 14.9. The molecule has 0 amide bonds. The molecule has 0 spiro atoms. The molecular formula is C14H9Br2ClF2O. The molecular weight excluding hydrogens is 417 g/mol. The Morgan fingerprint density at radius 3 is 2.50 bits per heavy atom. The quantitative estimate of drug-likeness (QED) is 0.650. The molecule has 0 bridgehead atoms. The highest BCUT2D eigenvalue weighted by atomic mass is 79.9. The minimum absolute atomic E-state index is 0.154. The van der Waals surface area contributed by atoms with E-state index in [1.54, 1.807) is 18.2 Å². The van der Waals surface area contributed by atoms with Gasteiger partial charge in [0.05, 0.1) is 15.6 Å². The molecule has 0 radical (unpaired) electrons. The van der Waals surface area contributed by atoms with Crippen LogP contribution in [0, 0.1) is 11.6 Å². The molecule has 0 aliphatic rings. The van der Waals surface area contributed by atoms with Crippen LogP contribution in [0.3, 0.4) is 0 Å². The second kappa shape index (κ2) is 6.52. The van der Waals surface area contributed by atoms with Crippen LogP contribution in [0.15, 0.2) is 39.3 Å². The van der Waals surface area contributed by atoms with Gasteiger partial charge in [0, 0.05) is 22.0 Å². The summed E-state index contributed by atoms with van der Waals surface area (Å²) in [5, 5.41) is 10.5. The van der Waals surface area contributed by atoms with Gasteiger partial charge in [-0.3, -0.25) is 0 Å². The van der Waals surface area contributed by atoms with Crippen LogP contribution in [-0.4, -0.2) is 5.11 Å². The van der Waals surface area contributed by atoms with Gasteiger partial charge in [-0.1, -0.05) is 23.7 Å². The Kier molecular flexibility index (Phi) is 5.18. The number of hydrogen-bond donors (Lipinski definition) is 1. The van der Waals surface area contributed by atoms with E-state index < -0.39 is 17.7 Å². The molecule has 0 saturated heterocycles. The van der Waals surface area contributed by atoms with Gasteiger partial charge in [0.2, 0.25) is 0 Å². The first-order chi connectivity index (χ1) is 9.41. The van der Waals surface area contributed by atoms with Crippen molar-refractivity contribution in [2.24, 2.45) is 0 Å². The van der Waals surface area contributed by atoms with E-state index in [2.05, 4.69) is 31.9 Å². The molecule has 1 nitrogen and oxygen atoms in total. The second-order valence-electron chi connectivity index (χ2n) is 4.18. The first kappa shape index (κ1) is 15.9. The molecule has 20 heavy (non-hydrogen) atoms. The van der Waals surface area contributed by atoms with Crippen molar-refractivity contribution in [1.82, 2.24) is 0 Å². The Labute approximate surface area is 136 Å². The number of benzene rings is 2. The Morgan fingerprint density at radius 1 is 1.10 bits per heavy atom. The lowest BCUT2D eigenvalue weighted by molar-refractivity contribution is 0.175. The molecule has 0 aromatic heterocycles. The Bertz CT molecular complexity index is 649. The van der Waals surface area contributed by atoms with Crippen molar-refractivity contribution in [3.05, 3.63) is 67.1 Å². The monoisotopic (exact) mass is 424 g/mol. The van der Waals surface area contributed by atoms with Crippen LogP contribution in [0.25, 0.3) is 0 Å². The zero-order valence-corrected chi connectivity index (χ0v) is 13.9. The summed E-state index contributed by atoms with van der Waals surface area (Å²) in [4.78, 5) is 0. The van der Waals surface area contributed by atoms with Crippen molar-refractivity contribution in [2.45, 2.75) is 12.5 Å². The highest BCUT2D eigenvalue weighted by Crippen LogP contribution is 2.33. The fraction of sp³-hybridized carbons (Fsp3) is 0.143. The third-order valence-electron chi connectivity index (χ3n) is 2.88. The average Bonchev–Trinajstić information content (AvgIpc) is 2.42. The van der Waals surface area contributed by atoms with Gasteiger partial charge in [-0.25, -0.2) is 8.78 Å². The summed E-state index contributed by atoms with van der Waals surface area (Å²) in [6, 6.07) is 7.47. The van der Waals surface area contributed by atoms with Gasteiger partial charge < -0.3 is 5.11 Å². The van der Waals surface area contributed by atoms with Crippen molar-refractivity contribution in [2.75, 3.05) is 0 Å². The molecule has 1 N–H and O–H groups in total. The van der Waals surface area contributed by atoms with Crippen LogP contribution < -0.4 is 0 Å². The van der Waals surface area contributed by atoms with E-state index in [0.29, 0.717) is 15.1 Å². The normalized spacial score (nSPS) is 12.5. The first-order valence-electron chi connectivity index (χ1n) is 5.66. The maximum absolute atomic E-state index is 13.9. The lowest BCUT2D eigenvalue weighted by Crippen LogP contribution is -2.07. The largest absolute Gasteiger partial charge is 0.388 e. The van der Waals surface area contributed by atoms with Gasteiger partial charge in [-0.2, -0.15) is 0 Å². The molecule has 2 aromatic rings. The minimum atomic E-state index is -1.10. The topological polar surface area (TPSA) is 20.2 Å². The Morgan fingerprint density at radius 2 is 1.80 bits per heavy atom. The SMILES string of the molecule is OC(Cc1c(F)ccc(Br)c1F)c1cccc(Br)c1Cl. The van der Waals surface area contributed by atoms with Crippen LogP contribution in [0.4, 0.5) is 8.78 Å². The molecule has 2 rings (SSSR count). The van der Waals surface area contributed by atoms with Crippen molar-refractivity contribution >= 4 is 43.5 Å². The fourth-order valence-corrected chi connectivity index (χ4v) is 2.84. The predicted octanol–water partition coefficient (Wildman–Crippen LogP) is 5.42. The molecule has 1 atom stereocenters. The third kappa shape index (κ3) is 3.22. The summed E-state index contributed by atoms with van der Waals surface area (Å²) in [5.74, 6) is -1.41. The van der Waals surface area contributed by atoms with Gasteiger partial charge in [-0.05, 0) is 50.1 Å². The Hall–Kier alpha value is -0.490. The van der Waals surface area contributed by atoms with Gasteiger partial charge in [0.1, 0.15) is 11.6 Å². The number of rotatable bonds is 3. The van der Waals surface area contributed by atoms with Gasteiger partial charge in [0.25, 0.3) is 0 Å². The fourth-order valence-electron chi connectivity index (χ4n) is 1.84. The van der Waals surface area contributed by atoms with Crippen LogP contribution in [0.2, 0.25) is 5.02 Å². The van der Waals surface area contributed by atoms with E-state index in [4.69, 9.17) is 11.6 Å². The maximum atomic E-state index is 13.9. The van der Waals surface area contributed by atoms with Crippen LogP contribution >= 0.6 is 43.5 Å². The summed E-state index contributed by atoms with van der Waals surface area (Å²) in [5.41, 5.74) is 0.239. The standard InChI is InChI=1S/C14H9Br2ClF2O/c15-9-3-1-2-7(13(9)17)12(20)6-8-11(18)5-4-10(16)14(8)19/h1-5,12,20H,6H2. The van der Waals surface area contributed by atoms with E-state index in [1.165, 1.54) is 6.07 Å². The smallest absolute Gasteiger partial charge is 0.143 e. The summed E-state index contributed by atoms with van der Waals surface area (Å²) in [6.07, 6.45) is -1.30. The van der Waals surface area contributed by atoms with Crippen molar-refractivity contribution in [3.63, 3.8) is 0 Å². The molecule has 0 aliphatic heterocycles. The molecule has 2 aromatic carbocycles. The molecule has 0 saturated carbocycles. The van der Waals surface area contributed by atoms with E-state index in [-0.39, 0.29) is 16.5 Å². The van der Waals surface area contributed by atoms with Crippen LogP contribution in [0.5, 0.6) is 0 Å². The summed E-state index contributed by atoms with van der Waals surface area (Å²) >= 11 is 12.3. The number of halogens is 5. The van der Waals surface area contributed by atoms with E-state index in [1.807, 2.05) is 0 Å². The summed E-state index contributed by atoms with van der Waals surface area (Å²) in [6.45, 7) is 0. The van der Waals surface area contributed by atoms with Crippen molar-refractivity contribution in [3.8, 4) is 0 Å². The van der Waals surface area contributed by atoms with E-state index >= 15 is 0 Å². The first-order valence-corrected chi connectivity index (χ1v) is 7.62. The number of hydrogen-bond acceptors (Lipinski definition) is 1. The zero-order valence-electron chi connectivity index (χ0n) is 10.0. The summed E-state index contributed by atoms with van der Waals surface area (Å²) < 4.78 is 28.3. The molecule has 106 valence electrons. The van der Waals surface area contributed by atoms with E-state index in [9.17, 15) is 13.9 Å². The Balaban J connectivity index is 2.35. The highest BCUT2D eigenvalue weighted by Gasteiger charge is 2.19. The predicted molar refractivity (Wildman–Crippen MR) is 81.9 cm³/mol. The average molecular weight is 426 g/mol. The number of aliphatic hydroxyl groups excluding tert-OH is 1. The molecule has 1 unspecified atom stereocenters. The lowest BCUT2D eigenvalue weighted by atomic mass is 10.0. The molecule has 0 aliphatic carbocycles. The maximum Gasteiger partial charge on any atom is 0.143 e. The van der Waals surface area contributed by atoms with Crippen molar-refractivity contribution in [1.29, 1.82) is 0 Å². The van der Waals surface area contributed by atoms with E-state index in [0.717, 1.165) is 6.07 Å². The molecule has 0 heterocycles.